The molecule has 0 amide bonds. The maximum absolute atomic E-state index is 11.6. The van der Waals surface area contributed by atoms with Crippen molar-refractivity contribution in [3.63, 3.8) is 0 Å². The second-order valence-corrected chi connectivity index (χ2v) is 5.43. The van der Waals surface area contributed by atoms with Crippen LogP contribution in [-0.4, -0.2) is 12.1 Å². The molecule has 0 aliphatic carbocycles. The Bertz CT molecular complexity index is 672. The van der Waals surface area contributed by atoms with E-state index in [0.29, 0.717) is 13.0 Å². The van der Waals surface area contributed by atoms with Crippen molar-refractivity contribution >= 4 is 12.0 Å². The Balaban J connectivity index is 1.63. The quantitative estimate of drug-likeness (QED) is 0.632. The van der Waals surface area contributed by atoms with E-state index in [-0.39, 0.29) is 12.1 Å². The third-order valence-electron chi connectivity index (χ3n) is 3.55. The number of hydrogen-bond donors (Lipinski definition) is 0. The lowest BCUT2D eigenvalue weighted by Gasteiger charge is -2.06. The Hall–Kier alpha value is -2.55. The largest absolute Gasteiger partial charge is 0.489 e. The Morgan fingerprint density at radius 1 is 1.14 bits per heavy atom. The van der Waals surface area contributed by atoms with Gasteiger partial charge in [-0.2, -0.15) is 0 Å². The van der Waals surface area contributed by atoms with Gasteiger partial charge in [-0.15, -0.1) is 0 Å². The molecule has 3 rings (SSSR count). The molecule has 3 nitrogen and oxygen atoms in total. The molecule has 0 bridgehead atoms. The molecule has 1 atom stereocenters. The van der Waals surface area contributed by atoms with E-state index in [9.17, 15) is 4.79 Å². The van der Waals surface area contributed by atoms with Crippen molar-refractivity contribution in [1.82, 2.24) is 0 Å². The van der Waals surface area contributed by atoms with Gasteiger partial charge in [0.25, 0.3) is 0 Å². The smallest absolute Gasteiger partial charge is 0.334 e. The molecule has 0 spiro atoms. The highest BCUT2D eigenvalue weighted by Gasteiger charge is 2.24. The maximum atomic E-state index is 11.6. The third-order valence-corrected chi connectivity index (χ3v) is 3.55. The topological polar surface area (TPSA) is 35.5 Å². The van der Waals surface area contributed by atoms with Crippen LogP contribution in [0.5, 0.6) is 5.75 Å². The second-order valence-electron chi connectivity index (χ2n) is 5.43. The molecule has 2 aromatic carbocycles. The first-order chi connectivity index (χ1) is 10.7. The van der Waals surface area contributed by atoms with Gasteiger partial charge in [0.15, 0.2) is 0 Å². The van der Waals surface area contributed by atoms with E-state index in [1.807, 2.05) is 67.6 Å². The highest BCUT2D eigenvalue weighted by atomic mass is 16.5. The minimum absolute atomic E-state index is 0.0211. The lowest BCUT2D eigenvalue weighted by atomic mass is 10.1. The van der Waals surface area contributed by atoms with Gasteiger partial charge in [-0.3, -0.25) is 0 Å². The van der Waals surface area contributed by atoms with E-state index >= 15 is 0 Å². The molecule has 0 aromatic heterocycles. The van der Waals surface area contributed by atoms with Gasteiger partial charge >= 0.3 is 5.97 Å². The van der Waals surface area contributed by atoms with Crippen LogP contribution in [0.2, 0.25) is 0 Å². The fourth-order valence-electron chi connectivity index (χ4n) is 2.41. The average molecular weight is 294 g/mol. The minimum atomic E-state index is -0.211. The van der Waals surface area contributed by atoms with E-state index in [1.54, 1.807) is 0 Å². The lowest BCUT2D eigenvalue weighted by Crippen LogP contribution is -1.99. The van der Waals surface area contributed by atoms with Gasteiger partial charge in [0.1, 0.15) is 18.5 Å². The average Bonchev–Trinajstić information content (AvgIpc) is 2.85. The Labute approximate surface area is 130 Å². The van der Waals surface area contributed by atoms with Crippen LogP contribution in [0.15, 0.2) is 60.2 Å². The summed E-state index contributed by atoms with van der Waals surface area (Å²) in [6, 6.07) is 17.8. The van der Waals surface area contributed by atoms with Crippen molar-refractivity contribution in [2.45, 2.75) is 26.1 Å². The first-order valence-electron chi connectivity index (χ1n) is 7.39. The van der Waals surface area contributed by atoms with Crippen LogP contribution in [0.25, 0.3) is 6.08 Å². The van der Waals surface area contributed by atoms with Gasteiger partial charge in [-0.1, -0.05) is 42.5 Å². The number of ether oxygens (including phenoxy) is 2. The van der Waals surface area contributed by atoms with Crippen molar-refractivity contribution in [2.24, 2.45) is 0 Å². The molecule has 1 heterocycles. The summed E-state index contributed by atoms with van der Waals surface area (Å²) in [5.74, 6) is 0.602. The highest BCUT2D eigenvalue weighted by Crippen LogP contribution is 2.23. The highest BCUT2D eigenvalue weighted by molar-refractivity contribution is 5.95. The molecule has 0 unspecified atom stereocenters. The SMILES string of the molecule is C[C@H]1C/C(=C\c2ccc(OCc3ccccc3)cc2)C(=O)O1. The summed E-state index contributed by atoms with van der Waals surface area (Å²) in [5, 5.41) is 0. The molecule has 112 valence electrons. The van der Waals surface area contributed by atoms with Crippen molar-refractivity contribution in [3.05, 3.63) is 71.3 Å². The maximum Gasteiger partial charge on any atom is 0.334 e. The van der Waals surface area contributed by atoms with Crippen molar-refractivity contribution in [2.75, 3.05) is 0 Å². The molecular weight excluding hydrogens is 276 g/mol. The number of benzene rings is 2. The monoisotopic (exact) mass is 294 g/mol. The standard InChI is InChI=1S/C19H18O3/c1-14-11-17(19(20)22-14)12-15-7-9-18(10-8-15)21-13-16-5-3-2-4-6-16/h2-10,12,14H,11,13H2,1H3/b17-12+/t14-/m0/s1. The number of esters is 1. The summed E-state index contributed by atoms with van der Waals surface area (Å²) in [7, 11) is 0. The first kappa shape index (κ1) is 14.4. The summed E-state index contributed by atoms with van der Waals surface area (Å²) in [5.41, 5.74) is 2.84. The molecule has 1 fully saturated rings. The van der Waals surface area contributed by atoms with Gasteiger partial charge in [-0.25, -0.2) is 4.79 Å². The van der Waals surface area contributed by atoms with Crippen LogP contribution in [0.3, 0.4) is 0 Å². The summed E-state index contributed by atoms with van der Waals surface area (Å²) in [6.45, 7) is 2.45. The zero-order chi connectivity index (χ0) is 15.4. The van der Waals surface area contributed by atoms with Crippen molar-refractivity contribution in [3.8, 4) is 5.75 Å². The van der Waals surface area contributed by atoms with Gasteiger partial charge in [-0.05, 0) is 36.3 Å². The number of cyclic esters (lactones) is 1. The van der Waals surface area contributed by atoms with E-state index in [0.717, 1.165) is 22.4 Å². The predicted octanol–water partition coefficient (Wildman–Crippen LogP) is 3.98. The van der Waals surface area contributed by atoms with Gasteiger partial charge < -0.3 is 9.47 Å². The Morgan fingerprint density at radius 2 is 1.86 bits per heavy atom. The Morgan fingerprint density at radius 3 is 2.50 bits per heavy atom. The van der Waals surface area contributed by atoms with E-state index in [1.165, 1.54) is 0 Å². The fourth-order valence-corrected chi connectivity index (χ4v) is 2.41. The van der Waals surface area contributed by atoms with E-state index < -0.39 is 0 Å². The number of carbonyl (C=O) groups is 1. The molecule has 1 aliphatic rings. The zero-order valence-electron chi connectivity index (χ0n) is 12.5. The van der Waals surface area contributed by atoms with Gasteiger partial charge in [0.05, 0.1) is 0 Å². The van der Waals surface area contributed by atoms with Crippen LogP contribution in [0, 0.1) is 0 Å². The fraction of sp³-hybridized carbons (Fsp3) is 0.211. The van der Waals surface area contributed by atoms with Crippen LogP contribution >= 0.6 is 0 Å². The Kier molecular flexibility index (Phi) is 4.24. The minimum Gasteiger partial charge on any atom is -0.489 e. The summed E-state index contributed by atoms with van der Waals surface area (Å²) < 4.78 is 10.9. The lowest BCUT2D eigenvalue weighted by molar-refractivity contribution is -0.138. The molecule has 2 aromatic rings. The van der Waals surface area contributed by atoms with Crippen LogP contribution < -0.4 is 4.74 Å². The van der Waals surface area contributed by atoms with Gasteiger partial charge in [0, 0.05) is 12.0 Å². The molecule has 0 saturated carbocycles. The van der Waals surface area contributed by atoms with Crippen LogP contribution in [0.4, 0.5) is 0 Å². The molecule has 22 heavy (non-hydrogen) atoms. The molecule has 1 aliphatic heterocycles. The van der Waals surface area contributed by atoms with Crippen LogP contribution in [-0.2, 0) is 16.1 Å². The summed E-state index contributed by atoms with van der Waals surface area (Å²) >= 11 is 0. The molecule has 1 saturated heterocycles. The molecule has 0 N–H and O–H groups in total. The normalized spacial score (nSPS) is 19.2. The molecule has 0 radical (unpaired) electrons. The van der Waals surface area contributed by atoms with Crippen LogP contribution in [0.1, 0.15) is 24.5 Å². The zero-order valence-corrected chi connectivity index (χ0v) is 12.5. The summed E-state index contributed by atoms with van der Waals surface area (Å²) in [6.07, 6.45) is 2.53. The number of carbonyl (C=O) groups excluding carboxylic acids is 1. The summed E-state index contributed by atoms with van der Waals surface area (Å²) in [4.78, 5) is 11.6. The van der Waals surface area contributed by atoms with E-state index in [4.69, 9.17) is 9.47 Å². The molecule has 3 heteroatoms. The predicted molar refractivity (Wildman–Crippen MR) is 85.4 cm³/mol. The van der Waals surface area contributed by atoms with Gasteiger partial charge in [0.2, 0.25) is 0 Å². The van der Waals surface area contributed by atoms with E-state index in [2.05, 4.69) is 0 Å². The number of hydrogen-bond acceptors (Lipinski definition) is 3. The van der Waals surface area contributed by atoms with Crippen molar-refractivity contribution in [1.29, 1.82) is 0 Å². The molecular formula is C19H18O3. The number of rotatable bonds is 4. The second kappa shape index (κ2) is 6.48. The van der Waals surface area contributed by atoms with Crippen molar-refractivity contribution < 1.29 is 14.3 Å². The first-order valence-corrected chi connectivity index (χ1v) is 7.39. The third kappa shape index (κ3) is 3.55.